The van der Waals surface area contributed by atoms with E-state index in [1.165, 1.54) is 4.44 Å². The topological polar surface area (TPSA) is 0 Å². The van der Waals surface area contributed by atoms with Crippen molar-refractivity contribution in [1.29, 1.82) is 0 Å². The zero-order chi connectivity index (χ0) is 3.41. The third-order valence-electron chi connectivity index (χ3n) is 0.144. The molecule has 0 heterocycles. The van der Waals surface area contributed by atoms with Crippen LogP contribution in [0.25, 0.3) is 0 Å². The van der Waals surface area contributed by atoms with Gasteiger partial charge in [-0.2, -0.15) is 0 Å². The van der Waals surface area contributed by atoms with E-state index in [0.717, 1.165) is 0 Å². The summed E-state index contributed by atoms with van der Waals surface area (Å²) in [5, 5.41) is 0. The van der Waals surface area contributed by atoms with E-state index in [0.29, 0.717) is 0 Å². The van der Waals surface area contributed by atoms with Crippen LogP contribution >= 0.6 is 0 Å². The van der Waals surface area contributed by atoms with Crippen LogP contribution in [0.5, 0.6) is 0 Å². The molecule has 2 radical (unpaired) electrons. The van der Waals surface area contributed by atoms with E-state index in [1.807, 2.05) is 6.08 Å². The van der Waals surface area contributed by atoms with E-state index in [4.69, 9.17) is 0 Å². The molecule has 0 saturated carbocycles. The van der Waals surface area contributed by atoms with Gasteiger partial charge in [0, 0.05) is 0 Å². The molecule has 0 aromatic rings. The zero-order valence-electron chi connectivity index (χ0n) is 2.49. The maximum absolute atomic E-state index is 3.50. The van der Waals surface area contributed by atoms with Gasteiger partial charge < -0.3 is 0 Å². The molecule has 0 bridgehead atoms. The molecule has 0 amide bonds. The minimum absolute atomic E-state index is 1.17. The Labute approximate surface area is 40.0 Å². The molecule has 0 rings (SSSR count). The van der Waals surface area contributed by atoms with Crippen molar-refractivity contribution in [3.05, 3.63) is 12.7 Å². The molecule has 0 saturated heterocycles. The molecule has 0 N–H and O–H groups in total. The fourth-order valence-corrected chi connectivity index (χ4v) is 0. The van der Waals surface area contributed by atoms with Gasteiger partial charge in [-0.1, -0.05) is 0 Å². The molecule has 0 aromatic heterocycles. The Hall–Kier alpha value is 0.539. The van der Waals surface area contributed by atoms with E-state index in [-0.39, 0.29) is 0 Å². The first-order valence-electron chi connectivity index (χ1n) is 1.17. The Morgan fingerprint density at radius 2 is 2.25 bits per heavy atom. The van der Waals surface area contributed by atoms with E-state index >= 15 is 0 Å². The SMILES string of the molecule is C=C[CH2][Sn+]. The summed E-state index contributed by atoms with van der Waals surface area (Å²) in [6, 6.07) is 0. The Balaban J connectivity index is 2.30. The van der Waals surface area contributed by atoms with Gasteiger partial charge in [0.1, 0.15) is 0 Å². The summed E-state index contributed by atoms with van der Waals surface area (Å²) < 4.78 is 1.17. The molecule has 0 aromatic carbocycles. The molecule has 1 heteroatoms. The maximum atomic E-state index is 3.50. The van der Waals surface area contributed by atoms with Crippen molar-refractivity contribution >= 4 is 22.5 Å². The summed E-state index contributed by atoms with van der Waals surface area (Å²) in [6.45, 7) is 3.50. The molecule has 0 aliphatic carbocycles. The third kappa shape index (κ3) is 2.54. The Kier molecular flexibility index (Phi) is 4.02. The van der Waals surface area contributed by atoms with Crippen LogP contribution in [0.4, 0.5) is 0 Å². The van der Waals surface area contributed by atoms with E-state index < -0.39 is 0 Å². The number of allylic oxidation sites excluding steroid dienone is 1. The van der Waals surface area contributed by atoms with E-state index in [9.17, 15) is 0 Å². The quantitative estimate of drug-likeness (QED) is 0.392. The summed E-state index contributed by atoms with van der Waals surface area (Å²) >= 11 is 1.55. The summed E-state index contributed by atoms with van der Waals surface area (Å²) in [5.41, 5.74) is 0. The van der Waals surface area contributed by atoms with Crippen molar-refractivity contribution < 1.29 is 0 Å². The molecule has 0 nitrogen and oxygen atoms in total. The van der Waals surface area contributed by atoms with Crippen molar-refractivity contribution in [3.8, 4) is 0 Å². The monoisotopic (exact) mass is 161 g/mol. The first-order valence-corrected chi connectivity index (χ1v) is 3.19. The molecule has 0 unspecified atom stereocenters. The Morgan fingerprint density at radius 3 is 2.25 bits per heavy atom. The van der Waals surface area contributed by atoms with Gasteiger partial charge in [-0.05, 0) is 0 Å². The number of rotatable bonds is 1. The zero-order valence-corrected chi connectivity index (χ0v) is 5.35. The second-order valence-corrected chi connectivity index (χ2v) is 1.66. The van der Waals surface area contributed by atoms with Crippen LogP contribution in [-0.2, 0) is 0 Å². The molecule has 0 aliphatic heterocycles. The number of hydrogen-bond acceptors (Lipinski definition) is 0. The van der Waals surface area contributed by atoms with Crippen LogP contribution in [0.2, 0.25) is 4.44 Å². The van der Waals surface area contributed by atoms with Crippen molar-refractivity contribution in [2.75, 3.05) is 0 Å². The summed E-state index contributed by atoms with van der Waals surface area (Å²) in [7, 11) is 0. The molecule has 0 fully saturated rings. The second kappa shape index (κ2) is 3.54. The summed E-state index contributed by atoms with van der Waals surface area (Å²) in [5.74, 6) is 0. The van der Waals surface area contributed by atoms with E-state index in [2.05, 4.69) is 6.58 Å². The summed E-state index contributed by atoms with van der Waals surface area (Å²) in [4.78, 5) is 0. The normalized spacial score (nSPS) is 6.00. The Morgan fingerprint density at radius 1 is 2.00 bits per heavy atom. The van der Waals surface area contributed by atoms with Crippen molar-refractivity contribution in [2.45, 2.75) is 4.44 Å². The van der Waals surface area contributed by atoms with Gasteiger partial charge in [0.05, 0.1) is 0 Å². The molecule has 4 heavy (non-hydrogen) atoms. The molecular weight excluding hydrogens is 155 g/mol. The molecule has 20 valence electrons. The molecule has 0 spiro atoms. The summed E-state index contributed by atoms with van der Waals surface area (Å²) in [6.07, 6.45) is 1.92. The van der Waals surface area contributed by atoms with Gasteiger partial charge in [-0.3, -0.25) is 0 Å². The van der Waals surface area contributed by atoms with Gasteiger partial charge in [0.15, 0.2) is 0 Å². The van der Waals surface area contributed by atoms with Crippen LogP contribution < -0.4 is 0 Å². The minimum atomic E-state index is 1.17. The second-order valence-electron chi connectivity index (χ2n) is 0.493. The van der Waals surface area contributed by atoms with Crippen molar-refractivity contribution in [2.24, 2.45) is 0 Å². The van der Waals surface area contributed by atoms with Gasteiger partial charge in [-0.15, -0.1) is 0 Å². The fraction of sp³-hybridized carbons (Fsp3) is 0.333. The Bertz CT molecular complexity index is 17.2. The van der Waals surface area contributed by atoms with Crippen molar-refractivity contribution in [3.63, 3.8) is 0 Å². The van der Waals surface area contributed by atoms with Gasteiger partial charge in [0.2, 0.25) is 0 Å². The van der Waals surface area contributed by atoms with Crippen LogP contribution in [0.15, 0.2) is 12.7 Å². The van der Waals surface area contributed by atoms with Gasteiger partial charge in [-0.25, -0.2) is 0 Å². The van der Waals surface area contributed by atoms with Crippen LogP contribution in [0.1, 0.15) is 0 Å². The average molecular weight is 160 g/mol. The third-order valence-corrected chi connectivity index (χ3v) is 0.968. The van der Waals surface area contributed by atoms with Crippen LogP contribution in [0.3, 0.4) is 0 Å². The van der Waals surface area contributed by atoms with Gasteiger partial charge >= 0.3 is 39.6 Å². The average Bonchev–Trinajstić information content (AvgIpc) is 1.37. The fourth-order valence-electron chi connectivity index (χ4n) is 0. The van der Waals surface area contributed by atoms with Crippen molar-refractivity contribution in [1.82, 2.24) is 0 Å². The molecule has 0 atom stereocenters. The standard InChI is InChI=1S/C3H5.Sn/c1-3-2;/h3H,1-2H2;/q;+1. The predicted octanol–water partition coefficient (Wildman–Crippen LogP) is 0.759. The van der Waals surface area contributed by atoms with Crippen LogP contribution in [-0.4, -0.2) is 22.5 Å². The first-order chi connectivity index (χ1) is 1.91. The molecule has 0 aliphatic rings. The van der Waals surface area contributed by atoms with Gasteiger partial charge in [0.25, 0.3) is 0 Å². The first kappa shape index (κ1) is 4.54. The predicted molar refractivity (Wildman–Crippen MR) is 20.8 cm³/mol. The van der Waals surface area contributed by atoms with Crippen LogP contribution in [0, 0.1) is 0 Å². The van der Waals surface area contributed by atoms with E-state index in [1.54, 1.807) is 22.5 Å². The number of hydrogen-bond donors (Lipinski definition) is 0. The molecular formula is C3H5Sn+.